The van der Waals surface area contributed by atoms with Crippen LogP contribution in [0.1, 0.15) is 25.3 Å². The molecule has 0 bridgehead atoms. The first-order chi connectivity index (χ1) is 10.1. The molecule has 0 radical (unpaired) electrons. The summed E-state index contributed by atoms with van der Waals surface area (Å²) in [6.07, 6.45) is 2.24. The molecule has 4 nitrogen and oxygen atoms in total. The number of rotatable bonds is 5. The van der Waals surface area contributed by atoms with Crippen LogP contribution in [0.5, 0.6) is 0 Å². The second-order valence-corrected chi connectivity index (χ2v) is 6.10. The van der Waals surface area contributed by atoms with Crippen molar-refractivity contribution < 1.29 is 4.79 Å². The van der Waals surface area contributed by atoms with E-state index in [0.717, 1.165) is 38.2 Å². The van der Waals surface area contributed by atoms with Gasteiger partial charge in [-0.15, -0.1) is 0 Å². The van der Waals surface area contributed by atoms with Crippen LogP contribution in [-0.4, -0.2) is 37.0 Å². The van der Waals surface area contributed by atoms with E-state index in [4.69, 9.17) is 5.73 Å². The van der Waals surface area contributed by atoms with Crippen molar-refractivity contribution in [2.75, 3.05) is 31.5 Å². The van der Waals surface area contributed by atoms with Gasteiger partial charge in [0.15, 0.2) is 0 Å². The Kier molecular flexibility index (Phi) is 5.76. The van der Waals surface area contributed by atoms with Crippen LogP contribution in [0.15, 0.2) is 24.3 Å². The lowest BCUT2D eigenvalue weighted by atomic mass is 9.84. The number of hydrogen-bond acceptors (Lipinski definition) is 3. The molecule has 1 aliphatic rings. The van der Waals surface area contributed by atoms with Crippen molar-refractivity contribution in [3.8, 4) is 0 Å². The van der Waals surface area contributed by atoms with E-state index in [-0.39, 0.29) is 5.91 Å². The largest absolute Gasteiger partial charge is 0.330 e. The molecule has 1 aromatic carbocycles. The number of carbonyl (C=O) groups excluding carboxylic acids is 1. The Hall–Kier alpha value is -1.39. The molecule has 116 valence electrons. The van der Waals surface area contributed by atoms with Crippen LogP contribution in [0, 0.1) is 18.8 Å². The minimum absolute atomic E-state index is 0.0694. The number of likely N-dealkylation sites (tertiary alicyclic amines) is 1. The van der Waals surface area contributed by atoms with Crippen molar-refractivity contribution in [2.24, 2.45) is 17.6 Å². The first kappa shape index (κ1) is 16.0. The summed E-state index contributed by atoms with van der Waals surface area (Å²) >= 11 is 0. The standard InChI is InChI=1S/C17H27N3O/c1-3-14-11-20(9-8-15(14)10-18)12-17(21)19-16-6-4-13(2)5-7-16/h4-7,14-15H,3,8-12,18H2,1-2H3,(H,19,21). The van der Waals surface area contributed by atoms with Crippen molar-refractivity contribution in [3.05, 3.63) is 29.8 Å². The van der Waals surface area contributed by atoms with Gasteiger partial charge in [0, 0.05) is 12.2 Å². The fraction of sp³-hybridized carbons (Fsp3) is 0.588. The van der Waals surface area contributed by atoms with Crippen molar-refractivity contribution >= 4 is 11.6 Å². The molecule has 0 aromatic heterocycles. The van der Waals surface area contributed by atoms with Gasteiger partial charge >= 0.3 is 0 Å². The predicted octanol–water partition coefficient (Wildman–Crippen LogP) is 2.24. The molecule has 1 saturated heterocycles. The lowest BCUT2D eigenvalue weighted by Crippen LogP contribution is -2.45. The highest BCUT2D eigenvalue weighted by atomic mass is 16.2. The topological polar surface area (TPSA) is 58.4 Å². The minimum atomic E-state index is 0.0694. The Morgan fingerprint density at radius 1 is 1.33 bits per heavy atom. The average molecular weight is 289 g/mol. The van der Waals surface area contributed by atoms with Gasteiger partial charge in [-0.05, 0) is 50.4 Å². The first-order valence-corrected chi connectivity index (χ1v) is 7.91. The van der Waals surface area contributed by atoms with Gasteiger partial charge in [0.1, 0.15) is 0 Å². The van der Waals surface area contributed by atoms with Crippen LogP contribution in [0.2, 0.25) is 0 Å². The molecule has 1 aliphatic heterocycles. The second-order valence-electron chi connectivity index (χ2n) is 6.10. The number of amides is 1. The summed E-state index contributed by atoms with van der Waals surface area (Å²) < 4.78 is 0. The maximum Gasteiger partial charge on any atom is 0.238 e. The Balaban J connectivity index is 1.84. The van der Waals surface area contributed by atoms with Gasteiger partial charge in [-0.2, -0.15) is 0 Å². The van der Waals surface area contributed by atoms with E-state index in [9.17, 15) is 4.79 Å². The molecule has 0 saturated carbocycles. The summed E-state index contributed by atoms with van der Waals surface area (Å²) in [5.74, 6) is 1.31. The fourth-order valence-electron chi connectivity index (χ4n) is 3.11. The maximum absolute atomic E-state index is 12.1. The fourth-order valence-corrected chi connectivity index (χ4v) is 3.11. The number of benzene rings is 1. The van der Waals surface area contributed by atoms with E-state index >= 15 is 0 Å². The third-order valence-corrected chi connectivity index (χ3v) is 4.51. The lowest BCUT2D eigenvalue weighted by molar-refractivity contribution is -0.117. The normalized spacial score (nSPS) is 23.0. The Bertz CT molecular complexity index is 458. The van der Waals surface area contributed by atoms with Crippen molar-refractivity contribution in [3.63, 3.8) is 0 Å². The van der Waals surface area contributed by atoms with Crippen LogP contribution in [0.3, 0.4) is 0 Å². The van der Waals surface area contributed by atoms with Gasteiger partial charge in [-0.3, -0.25) is 9.69 Å². The molecule has 0 spiro atoms. The number of aryl methyl sites for hydroxylation is 1. The van der Waals surface area contributed by atoms with Gasteiger partial charge in [0.2, 0.25) is 5.91 Å². The van der Waals surface area contributed by atoms with Crippen LogP contribution in [0.25, 0.3) is 0 Å². The Morgan fingerprint density at radius 2 is 2.05 bits per heavy atom. The summed E-state index contributed by atoms with van der Waals surface area (Å²) in [5.41, 5.74) is 7.90. The van der Waals surface area contributed by atoms with Gasteiger partial charge < -0.3 is 11.1 Å². The van der Waals surface area contributed by atoms with E-state index in [2.05, 4.69) is 17.1 Å². The van der Waals surface area contributed by atoms with Gasteiger partial charge in [-0.25, -0.2) is 0 Å². The summed E-state index contributed by atoms with van der Waals surface area (Å²) in [6, 6.07) is 7.91. The number of nitrogens with one attached hydrogen (secondary N) is 1. The number of hydrogen-bond donors (Lipinski definition) is 2. The zero-order valence-electron chi connectivity index (χ0n) is 13.1. The minimum Gasteiger partial charge on any atom is -0.330 e. The average Bonchev–Trinajstić information content (AvgIpc) is 2.49. The predicted molar refractivity (Wildman–Crippen MR) is 87.2 cm³/mol. The highest BCUT2D eigenvalue weighted by Crippen LogP contribution is 2.25. The summed E-state index contributed by atoms with van der Waals surface area (Å²) in [4.78, 5) is 14.4. The molecule has 2 rings (SSSR count). The van der Waals surface area contributed by atoms with Crippen LogP contribution < -0.4 is 11.1 Å². The summed E-state index contributed by atoms with van der Waals surface area (Å²) in [6.45, 7) is 7.45. The van der Waals surface area contributed by atoms with E-state index in [1.54, 1.807) is 0 Å². The quantitative estimate of drug-likeness (QED) is 0.874. The molecular formula is C17H27N3O. The molecule has 1 heterocycles. The molecule has 1 fully saturated rings. The number of nitrogens with zero attached hydrogens (tertiary/aromatic N) is 1. The van der Waals surface area contributed by atoms with Gasteiger partial charge in [0.05, 0.1) is 6.54 Å². The number of carbonyl (C=O) groups is 1. The molecule has 0 aliphatic carbocycles. The molecule has 2 atom stereocenters. The smallest absolute Gasteiger partial charge is 0.238 e. The number of anilines is 1. The van der Waals surface area contributed by atoms with E-state index in [0.29, 0.717) is 18.4 Å². The van der Waals surface area contributed by atoms with Crippen LogP contribution >= 0.6 is 0 Å². The van der Waals surface area contributed by atoms with E-state index < -0.39 is 0 Å². The third kappa shape index (κ3) is 4.55. The molecule has 4 heteroatoms. The monoisotopic (exact) mass is 289 g/mol. The van der Waals surface area contributed by atoms with Crippen LogP contribution in [-0.2, 0) is 4.79 Å². The van der Waals surface area contributed by atoms with Gasteiger partial charge in [0.25, 0.3) is 0 Å². The molecule has 1 aromatic rings. The summed E-state index contributed by atoms with van der Waals surface area (Å²) in [7, 11) is 0. The zero-order chi connectivity index (χ0) is 15.2. The maximum atomic E-state index is 12.1. The lowest BCUT2D eigenvalue weighted by Gasteiger charge is -2.37. The molecular weight excluding hydrogens is 262 g/mol. The SMILES string of the molecule is CCC1CN(CC(=O)Nc2ccc(C)cc2)CCC1CN. The molecule has 3 N–H and O–H groups in total. The highest BCUT2D eigenvalue weighted by molar-refractivity contribution is 5.92. The van der Waals surface area contributed by atoms with Gasteiger partial charge in [-0.1, -0.05) is 31.0 Å². The number of piperidine rings is 1. The van der Waals surface area contributed by atoms with Crippen molar-refractivity contribution in [1.29, 1.82) is 0 Å². The molecule has 2 unspecified atom stereocenters. The van der Waals surface area contributed by atoms with E-state index in [1.807, 2.05) is 31.2 Å². The Labute approximate surface area is 127 Å². The number of nitrogens with two attached hydrogens (primary N) is 1. The Morgan fingerprint density at radius 3 is 2.67 bits per heavy atom. The van der Waals surface area contributed by atoms with Crippen molar-refractivity contribution in [1.82, 2.24) is 4.90 Å². The third-order valence-electron chi connectivity index (χ3n) is 4.51. The second kappa shape index (κ2) is 7.57. The van der Waals surface area contributed by atoms with Crippen molar-refractivity contribution in [2.45, 2.75) is 26.7 Å². The molecule has 1 amide bonds. The first-order valence-electron chi connectivity index (χ1n) is 7.91. The summed E-state index contributed by atoms with van der Waals surface area (Å²) in [5, 5.41) is 2.97. The molecule has 21 heavy (non-hydrogen) atoms. The highest BCUT2D eigenvalue weighted by Gasteiger charge is 2.27. The van der Waals surface area contributed by atoms with Crippen LogP contribution in [0.4, 0.5) is 5.69 Å². The van der Waals surface area contributed by atoms with E-state index in [1.165, 1.54) is 5.56 Å². The zero-order valence-corrected chi connectivity index (χ0v) is 13.1.